The average Bonchev–Trinajstić information content (AvgIpc) is 2.29. The lowest BCUT2D eigenvalue weighted by molar-refractivity contribution is 0.318. The molecule has 0 aliphatic heterocycles. The highest BCUT2D eigenvalue weighted by Gasteiger charge is 2.11. The highest BCUT2D eigenvalue weighted by Crippen LogP contribution is 2.28. The van der Waals surface area contributed by atoms with Crippen molar-refractivity contribution < 1.29 is 5.21 Å². The van der Waals surface area contributed by atoms with Crippen LogP contribution in [0.4, 0.5) is 0 Å². The van der Waals surface area contributed by atoms with Crippen molar-refractivity contribution in [3.8, 4) is 0 Å². The lowest BCUT2D eigenvalue weighted by Gasteiger charge is -2.09. The fourth-order valence-electron chi connectivity index (χ4n) is 1.25. The third-order valence-electron chi connectivity index (χ3n) is 2.09. The van der Waals surface area contributed by atoms with Gasteiger partial charge in [-0.05, 0) is 24.3 Å². The van der Waals surface area contributed by atoms with Gasteiger partial charge < -0.3 is 10.9 Å². The summed E-state index contributed by atoms with van der Waals surface area (Å²) in [5.41, 5.74) is 6.22. The number of amidine groups is 1. The molecule has 3 N–H and O–H groups in total. The molecule has 88 valence electrons. The second kappa shape index (κ2) is 6.66. The number of halogens is 1. The van der Waals surface area contributed by atoms with Gasteiger partial charge in [0.1, 0.15) is 0 Å². The van der Waals surface area contributed by atoms with Crippen LogP contribution in [0.1, 0.15) is 25.3 Å². The van der Waals surface area contributed by atoms with Crippen LogP contribution in [0.25, 0.3) is 0 Å². The van der Waals surface area contributed by atoms with Gasteiger partial charge in [-0.2, -0.15) is 0 Å². The first kappa shape index (κ1) is 13.2. The van der Waals surface area contributed by atoms with E-state index in [9.17, 15) is 0 Å². The Kier molecular flexibility index (Phi) is 5.49. The van der Waals surface area contributed by atoms with E-state index in [0.29, 0.717) is 10.6 Å². The molecule has 0 aliphatic carbocycles. The Balaban J connectivity index is 2.94. The molecule has 0 aliphatic rings. The highest BCUT2D eigenvalue weighted by molar-refractivity contribution is 7.99. The first-order valence-electron chi connectivity index (χ1n) is 5.10. The molecule has 0 atom stereocenters. The fourth-order valence-corrected chi connectivity index (χ4v) is 2.76. The van der Waals surface area contributed by atoms with Crippen LogP contribution >= 0.6 is 23.4 Å². The van der Waals surface area contributed by atoms with Crippen molar-refractivity contribution in [3.05, 3.63) is 28.8 Å². The Bertz CT molecular complexity index is 382. The number of rotatable bonds is 5. The lowest BCUT2D eigenvalue weighted by Crippen LogP contribution is -2.15. The maximum atomic E-state index is 8.70. The van der Waals surface area contributed by atoms with E-state index in [1.807, 2.05) is 12.1 Å². The second-order valence-corrected chi connectivity index (χ2v) is 4.84. The smallest absolute Gasteiger partial charge is 0.172 e. The molecule has 1 aromatic rings. The first-order chi connectivity index (χ1) is 7.70. The van der Waals surface area contributed by atoms with Crippen molar-refractivity contribution in [2.45, 2.75) is 24.7 Å². The van der Waals surface area contributed by atoms with Crippen molar-refractivity contribution >= 4 is 29.2 Å². The van der Waals surface area contributed by atoms with Crippen LogP contribution in [0.3, 0.4) is 0 Å². The third-order valence-corrected chi connectivity index (χ3v) is 3.55. The third kappa shape index (κ3) is 3.32. The van der Waals surface area contributed by atoms with E-state index in [0.717, 1.165) is 23.5 Å². The van der Waals surface area contributed by atoms with Crippen LogP contribution in [-0.2, 0) is 0 Å². The Hall–Kier alpha value is -0.870. The predicted molar refractivity (Wildman–Crippen MR) is 69.6 cm³/mol. The molecule has 1 rings (SSSR count). The molecule has 0 bridgehead atoms. The van der Waals surface area contributed by atoms with E-state index >= 15 is 0 Å². The molecule has 0 fully saturated rings. The SMILES string of the molecule is CCCCSc1cccc(Cl)c1C(N)=NO. The Labute approximate surface area is 105 Å². The molecular formula is C11H15ClN2OS. The summed E-state index contributed by atoms with van der Waals surface area (Å²) in [6, 6.07) is 5.53. The predicted octanol–water partition coefficient (Wildman–Crippen LogP) is 3.33. The number of hydrogen-bond donors (Lipinski definition) is 2. The van der Waals surface area contributed by atoms with Crippen LogP contribution < -0.4 is 5.73 Å². The number of oxime groups is 1. The fraction of sp³-hybridized carbons (Fsp3) is 0.364. The van der Waals surface area contributed by atoms with Gasteiger partial charge in [0, 0.05) is 4.90 Å². The largest absolute Gasteiger partial charge is 0.409 e. The molecule has 3 nitrogen and oxygen atoms in total. The van der Waals surface area contributed by atoms with Crippen molar-refractivity contribution in [2.24, 2.45) is 10.9 Å². The average molecular weight is 259 g/mol. The van der Waals surface area contributed by atoms with Crippen LogP contribution in [-0.4, -0.2) is 16.8 Å². The van der Waals surface area contributed by atoms with Gasteiger partial charge in [-0.1, -0.05) is 36.2 Å². The summed E-state index contributed by atoms with van der Waals surface area (Å²) >= 11 is 7.70. The number of nitrogens with zero attached hydrogens (tertiary/aromatic N) is 1. The van der Waals surface area contributed by atoms with Crippen molar-refractivity contribution in [1.29, 1.82) is 0 Å². The lowest BCUT2D eigenvalue weighted by atomic mass is 10.2. The summed E-state index contributed by atoms with van der Waals surface area (Å²) in [6.45, 7) is 2.14. The number of benzene rings is 1. The van der Waals surface area contributed by atoms with Gasteiger partial charge >= 0.3 is 0 Å². The summed E-state index contributed by atoms with van der Waals surface area (Å²) in [5, 5.41) is 12.2. The van der Waals surface area contributed by atoms with E-state index in [2.05, 4.69) is 12.1 Å². The first-order valence-corrected chi connectivity index (χ1v) is 6.46. The van der Waals surface area contributed by atoms with E-state index < -0.39 is 0 Å². The Morgan fingerprint density at radius 1 is 1.56 bits per heavy atom. The highest BCUT2D eigenvalue weighted by atomic mass is 35.5. The summed E-state index contributed by atoms with van der Waals surface area (Å²) in [6.07, 6.45) is 2.28. The number of unbranched alkanes of at least 4 members (excludes halogenated alkanes) is 1. The molecule has 5 heteroatoms. The molecule has 0 saturated heterocycles. The van der Waals surface area contributed by atoms with E-state index in [-0.39, 0.29) is 5.84 Å². The normalized spacial score (nSPS) is 11.8. The summed E-state index contributed by atoms with van der Waals surface area (Å²) in [7, 11) is 0. The van der Waals surface area contributed by atoms with Crippen LogP contribution in [0.2, 0.25) is 5.02 Å². The Morgan fingerprint density at radius 3 is 2.94 bits per heavy atom. The molecule has 0 aromatic heterocycles. The minimum Gasteiger partial charge on any atom is -0.409 e. The van der Waals surface area contributed by atoms with E-state index in [1.54, 1.807) is 17.8 Å². The summed E-state index contributed by atoms with van der Waals surface area (Å²) in [4.78, 5) is 0.955. The van der Waals surface area contributed by atoms with Gasteiger partial charge in [0.05, 0.1) is 10.6 Å². The van der Waals surface area contributed by atoms with E-state index in [4.69, 9.17) is 22.5 Å². The zero-order chi connectivity index (χ0) is 12.0. The number of hydrogen-bond acceptors (Lipinski definition) is 3. The molecule has 0 unspecified atom stereocenters. The molecule has 0 saturated carbocycles. The van der Waals surface area contributed by atoms with Gasteiger partial charge in [0.25, 0.3) is 0 Å². The van der Waals surface area contributed by atoms with Gasteiger partial charge in [-0.3, -0.25) is 0 Å². The molecule has 16 heavy (non-hydrogen) atoms. The standard InChI is InChI=1S/C11H15ClN2OS/c1-2-3-7-16-9-6-4-5-8(12)10(9)11(13)14-15/h4-6,15H,2-3,7H2,1H3,(H2,13,14). The molecule has 0 spiro atoms. The van der Waals surface area contributed by atoms with Crippen molar-refractivity contribution in [1.82, 2.24) is 0 Å². The quantitative estimate of drug-likeness (QED) is 0.213. The molecule has 0 amide bonds. The second-order valence-electron chi connectivity index (χ2n) is 3.30. The van der Waals surface area contributed by atoms with Gasteiger partial charge in [0.15, 0.2) is 5.84 Å². The topological polar surface area (TPSA) is 58.6 Å². The van der Waals surface area contributed by atoms with Crippen LogP contribution in [0.5, 0.6) is 0 Å². The minimum atomic E-state index is 0.0598. The Morgan fingerprint density at radius 2 is 2.31 bits per heavy atom. The maximum absolute atomic E-state index is 8.70. The van der Waals surface area contributed by atoms with Gasteiger partial charge in [-0.15, -0.1) is 11.8 Å². The monoisotopic (exact) mass is 258 g/mol. The number of thioether (sulfide) groups is 1. The zero-order valence-electron chi connectivity index (χ0n) is 9.11. The van der Waals surface area contributed by atoms with Gasteiger partial charge in [-0.25, -0.2) is 0 Å². The van der Waals surface area contributed by atoms with Crippen molar-refractivity contribution in [2.75, 3.05) is 5.75 Å². The van der Waals surface area contributed by atoms with Crippen LogP contribution in [0, 0.1) is 0 Å². The van der Waals surface area contributed by atoms with Gasteiger partial charge in [0.2, 0.25) is 0 Å². The molecule has 0 heterocycles. The zero-order valence-corrected chi connectivity index (χ0v) is 10.7. The maximum Gasteiger partial charge on any atom is 0.172 e. The van der Waals surface area contributed by atoms with E-state index in [1.165, 1.54) is 0 Å². The van der Waals surface area contributed by atoms with Crippen LogP contribution in [0.15, 0.2) is 28.3 Å². The number of nitrogens with two attached hydrogens (primary N) is 1. The summed E-state index contributed by atoms with van der Waals surface area (Å²) < 4.78 is 0. The molecule has 0 radical (unpaired) electrons. The summed E-state index contributed by atoms with van der Waals surface area (Å²) in [5.74, 6) is 1.06. The molecule has 1 aromatic carbocycles. The van der Waals surface area contributed by atoms with Crippen molar-refractivity contribution in [3.63, 3.8) is 0 Å². The minimum absolute atomic E-state index is 0.0598. The molecular weight excluding hydrogens is 244 g/mol.